The first-order valence-corrected chi connectivity index (χ1v) is 5.82. The monoisotopic (exact) mass is 328 g/mol. The van der Waals surface area contributed by atoms with Crippen molar-refractivity contribution in [1.82, 2.24) is 0 Å². The summed E-state index contributed by atoms with van der Waals surface area (Å²) < 4.78 is 46.5. The van der Waals surface area contributed by atoms with Gasteiger partial charge in [0.1, 0.15) is 18.1 Å². The van der Waals surface area contributed by atoms with Crippen LogP contribution in [0.2, 0.25) is 0 Å². The molecule has 1 atom stereocenters. The van der Waals surface area contributed by atoms with Gasteiger partial charge in [-0.05, 0) is 34.1 Å². The fourth-order valence-electron chi connectivity index (χ4n) is 1.24. The summed E-state index contributed by atoms with van der Waals surface area (Å²) in [5.74, 6) is 0.932. The highest BCUT2D eigenvalue weighted by atomic mass is 79.9. The minimum atomic E-state index is -4.40. The van der Waals surface area contributed by atoms with Crippen molar-refractivity contribution in [3.8, 4) is 11.5 Å². The van der Waals surface area contributed by atoms with Gasteiger partial charge < -0.3 is 14.6 Å². The molecule has 0 aliphatic rings. The zero-order valence-corrected chi connectivity index (χ0v) is 11.1. The average molecular weight is 329 g/mol. The lowest BCUT2D eigenvalue weighted by Gasteiger charge is -2.15. The number of halogens is 4. The molecule has 1 aromatic rings. The fraction of sp³-hybridized carbons (Fsp3) is 0.455. The highest BCUT2D eigenvalue weighted by Crippen LogP contribution is 2.29. The number of aliphatic hydroxyl groups excluding tert-OH is 1. The van der Waals surface area contributed by atoms with Crippen molar-refractivity contribution in [2.24, 2.45) is 0 Å². The van der Waals surface area contributed by atoms with Crippen LogP contribution in [-0.4, -0.2) is 31.1 Å². The van der Waals surface area contributed by atoms with Gasteiger partial charge in [-0.3, -0.25) is 0 Å². The van der Waals surface area contributed by atoms with E-state index in [0.717, 1.165) is 0 Å². The molecule has 1 unspecified atom stereocenters. The first-order valence-electron chi connectivity index (χ1n) is 5.03. The number of methoxy groups -OCH3 is 1. The molecule has 0 saturated carbocycles. The lowest BCUT2D eigenvalue weighted by Crippen LogP contribution is -2.25. The van der Waals surface area contributed by atoms with Crippen LogP contribution in [0.1, 0.15) is 6.42 Å². The van der Waals surface area contributed by atoms with Gasteiger partial charge in [-0.1, -0.05) is 0 Å². The van der Waals surface area contributed by atoms with Gasteiger partial charge in [-0.15, -0.1) is 0 Å². The minimum Gasteiger partial charge on any atom is -0.497 e. The van der Waals surface area contributed by atoms with E-state index in [9.17, 15) is 13.2 Å². The SMILES string of the molecule is COc1ccc(OCC(O)CC(F)(F)F)c(Br)c1. The van der Waals surface area contributed by atoms with Gasteiger partial charge in [0.25, 0.3) is 0 Å². The van der Waals surface area contributed by atoms with E-state index in [-0.39, 0.29) is 0 Å². The van der Waals surface area contributed by atoms with Gasteiger partial charge in [0, 0.05) is 0 Å². The summed E-state index contributed by atoms with van der Waals surface area (Å²) in [6.07, 6.45) is -7.28. The van der Waals surface area contributed by atoms with E-state index >= 15 is 0 Å². The maximum Gasteiger partial charge on any atom is 0.391 e. The van der Waals surface area contributed by atoms with Crippen molar-refractivity contribution >= 4 is 15.9 Å². The van der Waals surface area contributed by atoms with Crippen LogP contribution in [0, 0.1) is 0 Å². The number of ether oxygens (including phenoxy) is 2. The Hall–Kier alpha value is -0.950. The van der Waals surface area contributed by atoms with Crippen LogP contribution in [-0.2, 0) is 0 Å². The van der Waals surface area contributed by atoms with Gasteiger partial charge in [-0.2, -0.15) is 13.2 Å². The van der Waals surface area contributed by atoms with Crippen LogP contribution in [0.5, 0.6) is 11.5 Å². The summed E-state index contributed by atoms with van der Waals surface area (Å²) in [7, 11) is 1.50. The molecule has 0 saturated heterocycles. The third kappa shape index (κ3) is 5.14. The van der Waals surface area contributed by atoms with E-state index in [0.29, 0.717) is 16.0 Å². The molecule has 0 radical (unpaired) electrons. The van der Waals surface area contributed by atoms with Crippen LogP contribution in [0.4, 0.5) is 13.2 Å². The van der Waals surface area contributed by atoms with Crippen molar-refractivity contribution in [2.75, 3.05) is 13.7 Å². The number of rotatable bonds is 5. The molecule has 1 rings (SSSR count). The second kappa shape index (κ2) is 6.29. The van der Waals surface area contributed by atoms with Gasteiger partial charge >= 0.3 is 6.18 Å². The van der Waals surface area contributed by atoms with Crippen molar-refractivity contribution in [3.63, 3.8) is 0 Å². The summed E-state index contributed by atoms with van der Waals surface area (Å²) in [5.41, 5.74) is 0. The molecule has 0 amide bonds. The molecule has 3 nitrogen and oxygen atoms in total. The standard InChI is InChI=1S/C11H12BrF3O3/c1-17-8-2-3-10(9(12)4-8)18-6-7(16)5-11(13,14)15/h2-4,7,16H,5-6H2,1H3. The van der Waals surface area contributed by atoms with Crippen molar-refractivity contribution in [2.45, 2.75) is 18.7 Å². The first kappa shape index (κ1) is 15.1. The smallest absolute Gasteiger partial charge is 0.391 e. The molecule has 0 heterocycles. The second-order valence-corrected chi connectivity index (χ2v) is 4.43. The third-order valence-electron chi connectivity index (χ3n) is 2.04. The van der Waals surface area contributed by atoms with Crippen LogP contribution >= 0.6 is 15.9 Å². The summed E-state index contributed by atoms with van der Waals surface area (Å²) in [6, 6.07) is 4.77. The number of alkyl halides is 3. The fourth-order valence-corrected chi connectivity index (χ4v) is 1.71. The zero-order valence-electron chi connectivity index (χ0n) is 9.50. The lowest BCUT2D eigenvalue weighted by atomic mass is 10.2. The topological polar surface area (TPSA) is 38.7 Å². The number of aliphatic hydroxyl groups is 1. The van der Waals surface area contributed by atoms with Crippen molar-refractivity contribution in [3.05, 3.63) is 22.7 Å². The van der Waals surface area contributed by atoms with Gasteiger partial charge in [0.15, 0.2) is 0 Å². The predicted octanol–water partition coefficient (Wildman–Crippen LogP) is 3.15. The molecule has 18 heavy (non-hydrogen) atoms. The Labute approximate surface area is 111 Å². The molecule has 0 aromatic heterocycles. The zero-order chi connectivity index (χ0) is 13.8. The number of benzene rings is 1. The Morgan fingerprint density at radius 3 is 2.56 bits per heavy atom. The molecule has 1 aromatic carbocycles. The minimum absolute atomic E-state index is 0.344. The Balaban J connectivity index is 2.53. The largest absolute Gasteiger partial charge is 0.497 e. The summed E-state index contributed by atoms with van der Waals surface area (Å²) >= 11 is 3.19. The van der Waals surface area contributed by atoms with E-state index in [2.05, 4.69) is 15.9 Å². The molecular formula is C11H12BrF3O3. The molecule has 7 heteroatoms. The Bertz CT molecular complexity index is 396. The molecule has 0 bridgehead atoms. The second-order valence-electron chi connectivity index (χ2n) is 3.58. The molecular weight excluding hydrogens is 317 g/mol. The van der Waals surface area contributed by atoms with E-state index in [1.165, 1.54) is 7.11 Å². The third-order valence-corrected chi connectivity index (χ3v) is 2.66. The molecule has 0 spiro atoms. The van der Waals surface area contributed by atoms with Crippen LogP contribution < -0.4 is 9.47 Å². The van der Waals surface area contributed by atoms with Gasteiger partial charge in [-0.25, -0.2) is 0 Å². The highest BCUT2D eigenvalue weighted by Gasteiger charge is 2.31. The Morgan fingerprint density at radius 2 is 2.06 bits per heavy atom. The summed E-state index contributed by atoms with van der Waals surface area (Å²) in [4.78, 5) is 0. The van der Waals surface area contributed by atoms with Crippen LogP contribution in [0.3, 0.4) is 0 Å². The highest BCUT2D eigenvalue weighted by molar-refractivity contribution is 9.10. The van der Waals surface area contributed by atoms with Crippen LogP contribution in [0.15, 0.2) is 22.7 Å². The van der Waals surface area contributed by atoms with Gasteiger partial charge in [0.05, 0.1) is 24.1 Å². The molecule has 0 aliphatic carbocycles. The Morgan fingerprint density at radius 1 is 1.39 bits per heavy atom. The van der Waals surface area contributed by atoms with E-state index in [1.807, 2.05) is 0 Å². The Kier molecular flexibility index (Phi) is 5.28. The van der Waals surface area contributed by atoms with E-state index in [4.69, 9.17) is 14.6 Å². The summed E-state index contributed by atoms with van der Waals surface area (Å²) in [6.45, 7) is -0.426. The molecule has 102 valence electrons. The van der Waals surface area contributed by atoms with E-state index < -0.39 is 25.3 Å². The quantitative estimate of drug-likeness (QED) is 0.902. The normalized spacial score (nSPS) is 13.2. The molecule has 0 fully saturated rings. The lowest BCUT2D eigenvalue weighted by molar-refractivity contribution is -0.156. The molecule has 1 N–H and O–H groups in total. The van der Waals surface area contributed by atoms with Crippen molar-refractivity contribution < 1.29 is 27.8 Å². The van der Waals surface area contributed by atoms with Crippen LogP contribution in [0.25, 0.3) is 0 Å². The maximum absolute atomic E-state index is 12.0. The summed E-state index contributed by atoms with van der Waals surface area (Å²) in [5, 5.41) is 9.15. The predicted molar refractivity (Wildman–Crippen MR) is 62.9 cm³/mol. The molecule has 0 aliphatic heterocycles. The van der Waals surface area contributed by atoms with E-state index in [1.54, 1.807) is 18.2 Å². The maximum atomic E-state index is 12.0. The van der Waals surface area contributed by atoms with Gasteiger partial charge in [0.2, 0.25) is 0 Å². The number of hydrogen-bond acceptors (Lipinski definition) is 3. The first-order chi connectivity index (χ1) is 8.31. The van der Waals surface area contributed by atoms with Crippen molar-refractivity contribution in [1.29, 1.82) is 0 Å². The number of hydrogen-bond donors (Lipinski definition) is 1. The average Bonchev–Trinajstić information content (AvgIpc) is 2.25.